The number of rotatable bonds is 1. The van der Waals surface area contributed by atoms with Crippen LogP contribution in [0.2, 0.25) is 0 Å². The molecule has 4 aliphatic carbocycles. The first-order valence-corrected chi connectivity index (χ1v) is 9.18. The normalized spacial score (nSPS) is 56.3. The van der Waals surface area contributed by atoms with Crippen LogP contribution in [0.25, 0.3) is 0 Å². The van der Waals surface area contributed by atoms with Crippen molar-refractivity contribution in [3.05, 3.63) is 12.2 Å². The minimum atomic E-state index is -0.554. The Bertz CT molecular complexity index is 552. The van der Waals surface area contributed by atoms with Gasteiger partial charge < -0.3 is 5.11 Å². The molecule has 0 heterocycles. The molecule has 0 aromatic carbocycles. The molecule has 3 fully saturated rings. The number of hydrogen-bond acceptors (Lipinski definition) is 1. The van der Waals surface area contributed by atoms with Crippen LogP contribution in [0.4, 0.5) is 0 Å². The molecule has 0 aromatic heterocycles. The molecular weight excluding hydrogens is 272 g/mol. The van der Waals surface area contributed by atoms with Gasteiger partial charge in [0.1, 0.15) is 0 Å². The predicted octanol–water partition coefficient (Wildman–Crippen LogP) is 5.04. The summed E-state index contributed by atoms with van der Waals surface area (Å²) in [5, 5.41) is 9.90. The van der Waals surface area contributed by atoms with Crippen LogP contribution < -0.4 is 0 Å². The van der Waals surface area contributed by atoms with Crippen LogP contribution in [0.15, 0.2) is 12.2 Å². The molecule has 2 bridgehead atoms. The lowest BCUT2D eigenvalue weighted by Crippen LogP contribution is -2.58. The highest BCUT2D eigenvalue weighted by atomic mass is 16.4. The predicted molar refractivity (Wildman–Crippen MR) is 87.4 cm³/mol. The number of hydrogen-bond donors (Lipinski definition) is 1. The monoisotopic (exact) mass is 302 g/mol. The fourth-order valence-corrected chi connectivity index (χ4v) is 7.39. The van der Waals surface area contributed by atoms with Gasteiger partial charge in [-0.3, -0.25) is 4.79 Å². The summed E-state index contributed by atoms with van der Waals surface area (Å²) in [4.78, 5) is 12.0. The van der Waals surface area contributed by atoms with Crippen LogP contribution in [0.3, 0.4) is 0 Å². The third-order valence-electron chi connectivity index (χ3n) is 8.41. The summed E-state index contributed by atoms with van der Waals surface area (Å²) in [6.07, 6.45) is 14.5. The first kappa shape index (κ1) is 14.8. The van der Waals surface area contributed by atoms with E-state index < -0.39 is 11.4 Å². The van der Waals surface area contributed by atoms with Crippen molar-refractivity contribution in [2.45, 2.75) is 72.1 Å². The number of aliphatic carboxylic acids is 1. The van der Waals surface area contributed by atoms with Gasteiger partial charge in [0.05, 0.1) is 5.41 Å². The molecule has 0 unspecified atom stereocenters. The van der Waals surface area contributed by atoms with Crippen molar-refractivity contribution in [2.75, 3.05) is 0 Å². The maximum absolute atomic E-state index is 12.0. The number of fused-ring (bicyclic) bond motifs is 3. The van der Waals surface area contributed by atoms with E-state index in [-0.39, 0.29) is 5.41 Å². The minimum Gasteiger partial charge on any atom is -0.481 e. The smallest absolute Gasteiger partial charge is 0.309 e. The van der Waals surface area contributed by atoms with Gasteiger partial charge in [-0.25, -0.2) is 0 Å². The van der Waals surface area contributed by atoms with Crippen molar-refractivity contribution in [3.63, 3.8) is 0 Å². The molecule has 22 heavy (non-hydrogen) atoms. The van der Waals surface area contributed by atoms with Crippen molar-refractivity contribution >= 4 is 5.97 Å². The molecule has 4 rings (SSSR count). The molecule has 1 N–H and O–H groups in total. The topological polar surface area (TPSA) is 37.3 Å². The summed E-state index contributed by atoms with van der Waals surface area (Å²) >= 11 is 0. The van der Waals surface area contributed by atoms with Crippen molar-refractivity contribution in [2.24, 2.45) is 33.5 Å². The Morgan fingerprint density at radius 1 is 1.00 bits per heavy atom. The first-order chi connectivity index (χ1) is 10.2. The zero-order valence-electron chi connectivity index (χ0n) is 14.3. The second-order valence-corrected chi connectivity index (χ2v) is 9.66. The largest absolute Gasteiger partial charge is 0.481 e. The number of allylic oxidation sites excluding steroid dienone is 2. The maximum Gasteiger partial charge on any atom is 0.309 e. The van der Waals surface area contributed by atoms with E-state index in [0.717, 1.165) is 19.3 Å². The summed E-state index contributed by atoms with van der Waals surface area (Å²) < 4.78 is 0. The SMILES string of the molecule is C[C@]12C=C[C@@]3(CC[C@@H]4[C@@](C)(CCC[C@@]4(C)C(=O)O)[C@H]3CC1)C2. The average molecular weight is 302 g/mol. The Balaban J connectivity index is 1.75. The third kappa shape index (κ3) is 1.65. The van der Waals surface area contributed by atoms with Gasteiger partial charge >= 0.3 is 5.97 Å². The van der Waals surface area contributed by atoms with Gasteiger partial charge in [0.15, 0.2) is 0 Å². The third-order valence-corrected chi connectivity index (χ3v) is 8.41. The molecule has 1 spiro atoms. The van der Waals surface area contributed by atoms with Crippen LogP contribution in [-0.4, -0.2) is 11.1 Å². The van der Waals surface area contributed by atoms with E-state index in [1.54, 1.807) is 0 Å². The Morgan fingerprint density at radius 2 is 1.73 bits per heavy atom. The molecule has 0 saturated heterocycles. The first-order valence-electron chi connectivity index (χ1n) is 9.18. The molecule has 2 nitrogen and oxygen atoms in total. The average Bonchev–Trinajstić information content (AvgIpc) is 2.68. The van der Waals surface area contributed by atoms with Gasteiger partial charge in [0, 0.05) is 0 Å². The lowest BCUT2D eigenvalue weighted by molar-refractivity contribution is -0.179. The molecule has 0 amide bonds. The van der Waals surface area contributed by atoms with Crippen molar-refractivity contribution in [1.82, 2.24) is 0 Å². The fourth-order valence-electron chi connectivity index (χ4n) is 7.39. The lowest BCUT2D eigenvalue weighted by Gasteiger charge is -2.63. The highest BCUT2D eigenvalue weighted by Gasteiger charge is 2.64. The summed E-state index contributed by atoms with van der Waals surface area (Å²) in [5.41, 5.74) is 0.525. The van der Waals surface area contributed by atoms with Crippen molar-refractivity contribution < 1.29 is 9.90 Å². The van der Waals surface area contributed by atoms with Crippen LogP contribution >= 0.6 is 0 Å². The van der Waals surface area contributed by atoms with E-state index in [1.807, 2.05) is 6.92 Å². The van der Waals surface area contributed by atoms with E-state index in [4.69, 9.17) is 0 Å². The maximum atomic E-state index is 12.0. The number of carbonyl (C=O) groups is 1. The van der Waals surface area contributed by atoms with Crippen LogP contribution in [0.5, 0.6) is 0 Å². The highest BCUT2D eigenvalue weighted by molar-refractivity contribution is 5.75. The molecule has 0 aliphatic heterocycles. The van der Waals surface area contributed by atoms with E-state index in [0.29, 0.717) is 22.7 Å². The molecule has 6 atom stereocenters. The number of carboxylic acids is 1. The van der Waals surface area contributed by atoms with E-state index in [9.17, 15) is 9.90 Å². The van der Waals surface area contributed by atoms with Gasteiger partial charge in [-0.05, 0) is 80.0 Å². The quantitative estimate of drug-likeness (QED) is 0.689. The van der Waals surface area contributed by atoms with E-state index in [1.165, 1.54) is 32.1 Å². The molecule has 122 valence electrons. The van der Waals surface area contributed by atoms with Crippen LogP contribution in [0.1, 0.15) is 72.1 Å². The van der Waals surface area contributed by atoms with Crippen LogP contribution in [-0.2, 0) is 4.79 Å². The Kier molecular flexibility index (Phi) is 2.81. The molecular formula is C20H30O2. The zero-order chi connectivity index (χ0) is 15.8. The minimum absolute atomic E-state index is 0.222. The fraction of sp³-hybridized carbons (Fsp3) is 0.850. The summed E-state index contributed by atoms with van der Waals surface area (Å²) in [6.45, 7) is 6.90. The molecule has 0 aromatic rings. The molecule has 3 saturated carbocycles. The summed E-state index contributed by atoms with van der Waals surface area (Å²) in [5.74, 6) is 0.506. The highest BCUT2D eigenvalue weighted by Crippen LogP contribution is 2.71. The van der Waals surface area contributed by atoms with Gasteiger partial charge in [-0.2, -0.15) is 0 Å². The van der Waals surface area contributed by atoms with Crippen molar-refractivity contribution in [3.8, 4) is 0 Å². The summed E-state index contributed by atoms with van der Waals surface area (Å²) in [6, 6.07) is 0. The van der Waals surface area contributed by atoms with E-state index in [2.05, 4.69) is 26.0 Å². The number of carboxylic acid groups (broad SMARTS) is 1. The van der Waals surface area contributed by atoms with Gasteiger partial charge in [-0.15, -0.1) is 0 Å². The van der Waals surface area contributed by atoms with E-state index >= 15 is 0 Å². The Labute approximate surface area is 134 Å². The van der Waals surface area contributed by atoms with Gasteiger partial charge in [0.2, 0.25) is 0 Å². The van der Waals surface area contributed by atoms with Gasteiger partial charge in [0.25, 0.3) is 0 Å². The van der Waals surface area contributed by atoms with Crippen LogP contribution in [0, 0.1) is 33.5 Å². The van der Waals surface area contributed by atoms with Gasteiger partial charge in [-0.1, -0.05) is 32.4 Å². The Hall–Kier alpha value is -0.790. The lowest BCUT2D eigenvalue weighted by atomic mass is 9.40. The Morgan fingerprint density at radius 3 is 2.45 bits per heavy atom. The molecule has 0 radical (unpaired) electrons. The second kappa shape index (κ2) is 4.19. The van der Waals surface area contributed by atoms with Crippen molar-refractivity contribution in [1.29, 1.82) is 0 Å². The second-order valence-electron chi connectivity index (χ2n) is 9.66. The molecule has 4 aliphatic rings. The standard InChI is InChI=1S/C20H30O2/c1-17-9-5-15-18(2)7-4-8-19(3,16(21)22)14(18)6-10-20(15,13-17)12-11-17/h11-12,14-15H,4-10,13H2,1-3H3,(H,21,22)/t14-,15-,17-,18-,19-,20+/m1/s1. The summed E-state index contributed by atoms with van der Waals surface area (Å²) in [7, 11) is 0. The molecule has 2 heteroatoms. The zero-order valence-corrected chi connectivity index (χ0v) is 14.3.